The monoisotopic (exact) mass is 386 g/mol. The maximum absolute atomic E-state index is 13.3. The van der Waals surface area contributed by atoms with Crippen LogP contribution in [0.25, 0.3) is 17.1 Å². The summed E-state index contributed by atoms with van der Waals surface area (Å²) >= 11 is 5.94. The van der Waals surface area contributed by atoms with E-state index in [1.807, 2.05) is 0 Å². The Balaban J connectivity index is 1.54. The van der Waals surface area contributed by atoms with Crippen LogP contribution < -0.4 is 5.32 Å². The molecule has 0 spiro atoms. The first-order chi connectivity index (χ1) is 13.0. The summed E-state index contributed by atoms with van der Waals surface area (Å²) in [6, 6.07) is 7.12. The van der Waals surface area contributed by atoms with Crippen molar-refractivity contribution >= 4 is 23.2 Å². The van der Waals surface area contributed by atoms with Crippen LogP contribution >= 0.6 is 11.6 Å². The lowest BCUT2D eigenvalue weighted by Crippen LogP contribution is -2.24. The number of carbonyl (C=O) groups is 1. The van der Waals surface area contributed by atoms with Crippen molar-refractivity contribution in [3.05, 3.63) is 64.6 Å². The molecular weight excluding hydrogens is 375 g/mol. The molecule has 10 heteroatoms. The SMILES string of the molecule is Cc1noc(-c2ccn3c(CNC(=O)c4cc(F)ccc4Cl)nnc3c2)n1. The highest BCUT2D eigenvalue weighted by Crippen LogP contribution is 2.19. The van der Waals surface area contributed by atoms with Crippen LogP contribution in [0.2, 0.25) is 5.02 Å². The summed E-state index contributed by atoms with van der Waals surface area (Å²) in [5.41, 5.74) is 1.31. The van der Waals surface area contributed by atoms with Gasteiger partial charge >= 0.3 is 0 Å². The lowest BCUT2D eigenvalue weighted by molar-refractivity contribution is 0.0949. The van der Waals surface area contributed by atoms with Gasteiger partial charge in [0.25, 0.3) is 11.8 Å². The van der Waals surface area contributed by atoms with Crippen LogP contribution in [-0.4, -0.2) is 30.6 Å². The minimum absolute atomic E-state index is 0.0551. The summed E-state index contributed by atoms with van der Waals surface area (Å²) < 4.78 is 20.2. The third kappa shape index (κ3) is 3.36. The van der Waals surface area contributed by atoms with Gasteiger partial charge in [-0.15, -0.1) is 10.2 Å². The van der Waals surface area contributed by atoms with E-state index in [4.69, 9.17) is 16.1 Å². The molecule has 0 fully saturated rings. The third-order valence-electron chi connectivity index (χ3n) is 3.84. The second kappa shape index (κ2) is 6.76. The highest BCUT2D eigenvalue weighted by molar-refractivity contribution is 6.33. The molecule has 0 unspecified atom stereocenters. The van der Waals surface area contributed by atoms with E-state index < -0.39 is 11.7 Å². The molecule has 0 saturated heterocycles. The zero-order valence-corrected chi connectivity index (χ0v) is 14.7. The molecule has 3 aromatic heterocycles. The number of pyridine rings is 1. The number of hydrogen-bond donors (Lipinski definition) is 1. The molecule has 0 saturated carbocycles. The second-order valence-corrected chi connectivity index (χ2v) is 6.12. The highest BCUT2D eigenvalue weighted by atomic mass is 35.5. The lowest BCUT2D eigenvalue weighted by atomic mass is 10.2. The highest BCUT2D eigenvalue weighted by Gasteiger charge is 2.14. The zero-order chi connectivity index (χ0) is 19.0. The molecule has 4 aromatic rings. The molecule has 0 aliphatic heterocycles. The Morgan fingerprint density at radius 1 is 1.30 bits per heavy atom. The summed E-state index contributed by atoms with van der Waals surface area (Å²) in [6.07, 6.45) is 1.74. The molecule has 0 bridgehead atoms. The van der Waals surface area contributed by atoms with Crippen molar-refractivity contribution in [1.29, 1.82) is 0 Å². The van der Waals surface area contributed by atoms with Gasteiger partial charge in [-0.05, 0) is 37.3 Å². The van der Waals surface area contributed by atoms with Crippen molar-refractivity contribution in [2.24, 2.45) is 0 Å². The fourth-order valence-electron chi connectivity index (χ4n) is 2.53. The first-order valence-electron chi connectivity index (χ1n) is 7.89. The fraction of sp³-hybridized carbons (Fsp3) is 0.118. The van der Waals surface area contributed by atoms with Gasteiger partial charge in [0.2, 0.25) is 0 Å². The molecular formula is C17H12ClFN6O2. The van der Waals surface area contributed by atoms with Crippen LogP contribution in [0.4, 0.5) is 4.39 Å². The number of hydrogen-bond acceptors (Lipinski definition) is 6. The van der Waals surface area contributed by atoms with Gasteiger partial charge in [0.1, 0.15) is 5.82 Å². The molecule has 4 rings (SSSR count). The molecule has 1 aromatic carbocycles. The number of rotatable bonds is 4. The Hall–Kier alpha value is -3.33. The summed E-state index contributed by atoms with van der Waals surface area (Å²) in [6.45, 7) is 1.82. The topological polar surface area (TPSA) is 98.2 Å². The second-order valence-electron chi connectivity index (χ2n) is 5.71. The molecule has 1 N–H and O–H groups in total. The molecule has 27 heavy (non-hydrogen) atoms. The summed E-state index contributed by atoms with van der Waals surface area (Å²) in [5.74, 6) is 0.369. The molecule has 3 heterocycles. The van der Waals surface area contributed by atoms with Crippen LogP contribution in [0.1, 0.15) is 22.0 Å². The summed E-state index contributed by atoms with van der Waals surface area (Å²) in [5, 5.41) is 14.7. The van der Waals surface area contributed by atoms with Crippen molar-refractivity contribution in [2.45, 2.75) is 13.5 Å². The molecule has 0 radical (unpaired) electrons. The van der Waals surface area contributed by atoms with Crippen LogP contribution in [0.15, 0.2) is 41.1 Å². The number of halogens is 2. The van der Waals surface area contributed by atoms with Crippen molar-refractivity contribution in [3.8, 4) is 11.5 Å². The molecule has 136 valence electrons. The van der Waals surface area contributed by atoms with E-state index in [0.717, 1.165) is 6.07 Å². The van der Waals surface area contributed by atoms with Crippen molar-refractivity contribution < 1.29 is 13.7 Å². The van der Waals surface area contributed by atoms with Crippen molar-refractivity contribution in [3.63, 3.8) is 0 Å². The number of aryl methyl sites for hydroxylation is 1. The molecule has 1 amide bonds. The number of amides is 1. The number of benzene rings is 1. The van der Waals surface area contributed by atoms with Gasteiger partial charge in [-0.3, -0.25) is 9.20 Å². The Kier molecular flexibility index (Phi) is 4.28. The Bertz CT molecular complexity index is 1160. The van der Waals surface area contributed by atoms with Crippen LogP contribution in [0.3, 0.4) is 0 Å². The van der Waals surface area contributed by atoms with Gasteiger partial charge in [0.15, 0.2) is 17.3 Å². The van der Waals surface area contributed by atoms with E-state index in [1.54, 1.807) is 29.7 Å². The van der Waals surface area contributed by atoms with Gasteiger partial charge in [-0.2, -0.15) is 4.98 Å². The fourth-order valence-corrected chi connectivity index (χ4v) is 2.74. The number of fused-ring (bicyclic) bond motifs is 1. The average Bonchev–Trinajstić information content (AvgIpc) is 3.27. The summed E-state index contributed by atoms with van der Waals surface area (Å²) in [4.78, 5) is 16.4. The Morgan fingerprint density at radius 3 is 2.93 bits per heavy atom. The van der Waals surface area contributed by atoms with Crippen LogP contribution in [0, 0.1) is 12.7 Å². The smallest absolute Gasteiger partial charge is 0.258 e. The van der Waals surface area contributed by atoms with E-state index in [9.17, 15) is 9.18 Å². The maximum Gasteiger partial charge on any atom is 0.258 e. The predicted octanol–water partition coefficient (Wildman–Crippen LogP) is 2.81. The lowest BCUT2D eigenvalue weighted by Gasteiger charge is -2.06. The minimum atomic E-state index is -0.540. The Labute approximate surface area is 157 Å². The minimum Gasteiger partial charge on any atom is -0.345 e. The quantitative estimate of drug-likeness (QED) is 0.579. The number of aromatic nitrogens is 5. The van der Waals surface area contributed by atoms with Gasteiger partial charge in [0.05, 0.1) is 17.1 Å². The molecule has 8 nitrogen and oxygen atoms in total. The van der Waals surface area contributed by atoms with E-state index in [1.165, 1.54) is 12.1 Å². The number of nitrogens with zero attached hydrogens (tertiary/aromatic N) is 5. The summed E-state index contributed by atoms with van der Waals surface area (Å²) in [7, 11) is 0. The standard InChI is InChI=1S/C17H12ClFN6O2/c1-9-21-17(27-24-9)10-4-5-25-14(6-10)22-23-15(25)8-20-16(26)12-7-11(19)2-3-13(12)18/h2-7H,8H2,1H3,(H,20,26). The van der Waals surface area contributed by atoms with E-state index in [0.29, 0.717) is 28.8 Å². The van der Waals surface area contributed by atoms with E-state index in [-0.39, 0.29) is 17.1 Å². The van der Waals surface area contributed by atoms with E-state index in [2.05, 4.69) is 25.7 Å². The largest absolute Gasteiger partial charge is 0.345 e. The number of nitrogens with one attached hydrogen (secondary N) is 1. The van der Waals surface area contributed by atoms with Crippen LogP contribution in [-0.2, 0) is 6.54 Å². The van der Waals surface area contributed by atoms with Gasteiger partial charge in [0, 0.05) is 11.8 Å². The molecule has 0 aliphatic carbocycles. The first kappa shape index (κ1) is 17.1. The van der Waals surface area contributed by atoms with Gasteiger partial charge in [-0.1, -0.05) is 16.8 Å². The van der Waals surface area contributed by atoms with Crippen molar-refractivity contribution in [2.75, 3.05) is 0 Å². The van der Waals surface area contributed by atoms with Crippen molar-refractivity contribution in [1.82, 2.24) is 30.1 Å². The van der Waals surface area contributed by atoms with Gasteiger partial charge in [-0.25, -0.2) is 4.39 Å². The normalized spacial score (nSPS) is 11.1. The molecule has 0 aliphatic rings. The molecule has 0 atom stereocenters. The third-order valence-corrected chi connectivity index (χ3v) is 4.16. The average molecular weight is 387 g/mol. The Morgan fingerprint density at radius 2 is 2.15 bits per heavy atom. The predicted molar refractivity (Wildman–Crippen MR) is 93.6 cm³/mol. The zero-order valence-electron chi connectivity index (χ0n) is 14.0. The van der Waals surface area contributed by atoms with E-state index >= 15 is 0 Å². The van der Waals surface area contributed by atoms with Gasteiger partial charge < -0.3 is 9.84 Å². The first-order valence-corrected chi connectivity index (χ1v) is 8.26. The maximum atomic E-state index is 13.3. The number of carbonyl (C=O) groups excluding carboxylic acids is 1. The van der Waals surface area contributed by atoms with Crippen LogP contribution in [0.5, 0.6) is 0 Å².